The molecule has 0 unspecified atom stereocenters. The number of hydrogen-bond acceptors (Lipinski definition) is 4. The third-order valence-electron chi connectivity index (χ3n) is 4.08. The lowest BCUT2D eigenvalue weighted by Gasteiger charge is -2.08. The summed E-state index contributed by atoms with van der Waals surface area (Å²) in [5, 5.41) is 3.96. The summed E-state index contributed by atoms with van der Waals surface area (Å²) in [5.41, 5.74) is 5.11. The molecule has 0 fully saturated rings. The zero-order chi connectivity index (χ0) is 21.4. The Bertz CT molecular complexity index is 1160. The van der Waals surface area contributed by atoms with Crippen molar-refractivity contribution in [3.8, 4) is 0 Å². The minimum absolute atomic E-state index is 0.167. The van der Waals surface area contributed by atoms with E-state index in [1.807, 2.05) is 43.3 Å². The Morgan fingerprint density at radius 3 is 2.10 bits per heavy atom. The summed E-state index contributed by atoms with van der Waals surface area (Å²) in [7, 11) is -3.68. The van der Waals surface area contributed by atoms with Crippen molar-refractivity contribution in [2.24, 2.45) is 5.10 Å². The Balaban J connectivity index is 1.59. The number of amides is 1. The Kier molecular flexibility index (Phi) is 6.77. The highest BCUT2D eigenvalue weighted by Gasteiger charge is 2.13. The van der Waals surface area contributed by atoms with E-state index in [0.29, 0.717) is 11.3 Å². The number of carbonyl (C=O) groups excluding carboxylic acids is 1. The lowest BCUT2D eigenvalue weighted by molar-refractivity contribution is 0.0955. The second kappa shape index (κ2) is 9.67. The van der Waals surface area contributed by atoms with E-state index in [9.17, 15) is 13.2 Å². The van der Waals surface area contributed by atoms with Gasteiger partial charge in [-0.05, 0) is 54.5 Å². The van der Waals surface area contributed by atoms with Crippen LogP contribution in [0, 0.1) is 0 Å². The fourth-order valence-electron chi connectivity index (χ4n) is 2.61. The van der Waals surface area contributed by atoms with Crippen LogP contribution in [0.1, 0.15) is 22.8 Å². The van der Waals surface area contributed by atoms with E-state index in [1.165, 1.54) is 36.4 Å². The fourth-order valence-corrected chi connectivity index (χ4v) is 3.69. The highest BCUT2D eigenvalue weighted by molar-refractivity contribution is 7.92. The van der Waals surface area contributed by atoms with Crippen molar-refractivity contribution < 1.29 is 13.2 Å². The zero-order valence-electron chi connectivity index (χ0n) is 16.3. The summed E-state index contributed by atoms with van der Waals surface area (Å²) in [6.45, 7) is 1.89. The van der Waals surface area contributed by atoms with E-state index in [-0.39, 0.29) is 4.90 Å². The van der Waals surface area contributed by atoms with Crippen molar-refractivity contribution in [3.05, 3.63) is 102 Å². The van der Waals surface area contributed by atoms with Gasteiger partial charge in [-0.15, -0.1) is 0 Å². The molecule has 0 atom stereocenters. The van der Waals surface area contributed by atoms with Crippen molar-refractivity contribution >= 4 is 33.9 Å². The van der Waals surface area contributed by atoms with E-state index in [1.54, 1.807) is 24.4 Å². The molecular weight excluding hydrogens is 398 g/mol. The summed E-state index contributed by atoms with van der Waals surface area (Å²) in [6, 6.07) is 24.0. The molecule has 0 saturated heterocycles. The van der Waals surface area contributed by atoms with E-state index < -0.39 is 15.9 Å². The van der Waals surface area contributed by atoms with Gasteiger partial charge in [0.15, 0.2) is 0 Å². The Morgan fingerprint density at radius 2 is 1.47 bits per heavy atom. The number of rotatable bonds is 7. The van der Waals surface area contributed by atoms with E-state index in [2.05, 4.69) is 15.2 Å². The van der Waals surface area contributed by atoms with Crippen molar-refractivity contribution in [1.29, 1.82) is 0 Å². The maximum atomic E-state index is 12.3. The van der Waals surface area contributed by atoms with E-state index in [0.717, 1.165) is 11.1 Å². The van der Waals surface area contributed by atoms with Crippen molar-refractivity contribution in [2.75, 3.05) is 4.72 Å². The van der Waals surface area contributed by atoms with Crippen LogP contribution in [0.4, 0.5) is 5.69 Å². The number of anilines is 1. The average Bonchev–Trinajstić information content (AvgIpc) is 2.75. The topological polar surface area (TPSA) is 87.6 Å². The van der Waals surface area contributed by atoms with Crippen LogP contribution in [0.5, 0.6) is 0 Å². The van der Waals surface area contributed by atoms with Gasteiger partial charge in [-0.1, -0.05) is 54.6 Å². The SMILES string of the molecule is CC(/C=N\NC(=O)c1ccc(NS(=O)(=O)c2ccccc2)cc1)=C/c1ccccc1. The summed E-state index contributed by atoms with van der Waals surface area (Å²) >= 11 is 0. The van der Waals surface area contributed by atoms with Crippen LogP contribution in [0.15, 0.2) is 100 Å². The standard InChI is InChI=1S/C23H21N3O3S/c1-18(16-19-8-4-2-5-9-19)17-24-25-23(27)20-12-14-21(15-13-20)26-30(28,29)22-10-6-3-7-11-22/h2-17,26H,1H3,(H,25,27)/b18-16-,24-17-. The number of hydrogen-bond donors (Lipinski definition) is 2. The zero-order valence-corrected chi connectivity index (χ0v) is 17.1. The van der Waals surface area contributed by atoms with Crippen molar-refractivity contribution in [1.82, 2.24) is 5.43 Å². The number of hydrazone groups is 1. The van der Waals surface area contributed by atoms with Gasteiger partial charge in [0, 0.05) is 11.3 Å². The van der Waals surface area contributed by atoms with Crippen molar-refractivity contribution in [2.45, 2.75) is 11.8 Å². The molecule has 0 aliphatic carbocycles. The molecule has 1 amide bonds. The highest BCUT2D eigenvalue weighted by Crippen LogP contribution is 2.16. The first-order chi connectivity index (χ1) is 14.4. The van der Waals surface area contributed by atoms with Gasteiger partial charge >= 0.3 is 0 Å². The molecule has 3 rings (SSSR count). The first-order valence-electron chi connectivity index (χ1n) is 9.19. The Morgan fingerprint density at radius 1 is 0.867 bits per heavy atom. The number of benzene rings is 3. The van der Waals surface area contributed by atoms with Crippen LogP contribution in [0.2, 0.25) is 0 Å². The smallest absolute Gasteiger partial charge is 0.271 e. The fraction of sp³-hybridized carbons (Fsp3) is 0.0435. The lowest BCUT2D eigenvalue weighted by Crippen LogP contribution is -2.18. The molecule has 3 aromatic rings. The molecule has 152 valence electrons. The first-order valence-corrected chi connectivity index (χ1v) is 10.7. The van der Waals surface area contributed by atoms with Gasteiger partial charge in [0.2, 0.25) is 0 Å². The van der Waals surface area contributed by atoms with Gasteiger partial charge in [-0.3, -0.25) is 9.52 Å². The summed E-state index contributed by atoms with van der Waals surface area (Å²) < 4.78 is 27.2. The number of nitrogens with one attached hydrogen (secondary N) is 2. The van der Waals surface area contributed by atoms with Crippen LogP contribution in [0.25, 0.3) is 6.08 Å². The third-order valence-corrected chi connectivity index (χ3v) is 5.48. The summed E-state index contributed by atoms with van der Waals surface area (Å²) in [4.78, 5) is 12.4. The van der Waals surface area contributed by atoms with Gasteiger partial charge in [0.05, 0.1) is 11.1 Å². The molecule has 0 heterocycles. The Labute approximate surface area is 176 Å². The molecule has 0 spiro atoms. The maximum Gasteiger partial charge on any atom is 0.271 e. The minimum atomic E-state index is -3.68. The predicted octanol–water partition coefficient (Wildman–Crippen LogP) is 4.31. The van der Waals surface area contributed by atoms with Gasteiger partial charge in [0.25, 0.3) is 15.9 Å². The van der Waals surface area contributed by atoms with Gasteiger partial charge in [-0.2, -0.15) is 5.10 Å². The van der Waals surface area contributed by atoms with Crippen LogP contribution in [-0.2, 0) is 10.0 Å². The molecule has 0 bridgehead atoms. The maximum absolute atomic E-state index is 12.3. The van der Waals surface area contributed by atoms with E-state index in [4.69, 9.17) is 0 Å². The molecule has 2 N–H and O–H groups in total. The van der Waals surface area contributed by atoms with E-state index >= 15 is 0 Å². The Hall–Kier alpha value is -3.71. The van der Waals surface area contributed by atoms with Crippen LogP contribution < -0.4 is 10.1 Å². The molecule has 0 aliphatic heterocycles. The molecule has 0 saturated carbocycles. The molecule has 7 heteroatoms. The normalized spacial score (nSPS) is 12.0. The quantitative estimate of drug-likeness (QED) is 0.442. The highest BCUT2D eigenvalue weighted by atomic mass is 32.2. The van der Waals surface area contributed by atoms with Gasteiger partial charge in [0.1, 0.15) is 0 Å². The van der Waals surface area contributed by atoms with Crippen molar-refractivity contribution in [3.63, 3.8) is 0 Å². The molecule has 6 nitrogen and oxygen atoms in total. The number of allylic oxidation sites excluding steroid dienone is 1. The lowest BCUT2D eigenvalue weighted by atomic mass is 10.1. The number of carbonyl (C=O) groups is 1. The van der Waals surface area contributed by atoms with Gasteiger partial charge < -0.3 is 0 Å². The molecule has 30 heavy (non-hydrogen) atoms. The number of nitrogens with zero attached hydrogens (tertiary/aromatic N) is 1. The average molecular weight is 420 g/mol. The van der Waals surface area contributed by atoms with Crippen LogP contribution >= 0.6 is 0 Å². The van der Waals surface area contributed by atoms with Crippen LogP contribution in [-0.4, -0.2) is 20.5 Å². The predicted molar refractivity (Wildman–Crippen MR) is 120 cm³/mol. The summed E-state index contributed by atoms with van der Waals surface area (Å²) in [6.07, 6.45) is 3.51. The minimum Gasteiger partial charge on any atom is -0.280 e. The summed E-state index contributed by atoms with van der Waals surface area (Å²) in [5.74, 6) is -0.392. The third kappa shape index (κ3) is 5.89. The molecular formula is C23H21N3O3S. The molecule has 3 aromatic carbocycles. The molecule has 0 aliphatic rings. The van der Waals surface area contributed by atoms with Gasteiger partial charge in [-0.25, -0.2) is 13.8 Å². The second-order valence-corrected chi connectivity index (χ2v) is 8.18. The second-order valence-electron chi connectivity index (χ2n) is 6.49. The largest absolute Gasteiger partial charge is 0.280 e. The monoisotopic (exact) mass is 419 g/mol. The first kappa shape index (κ1) is 21.0. The number of sulfonamides is 1. The molecule has 0 aromatic heterocycles. The van der Waals surface area contributed by atoms with Crippen LogP contribution in [0.3, 0.4) is 0 Å². The molecule has 0 radical (unpaired) electrons.